The summed E-state index contributed by atoms with van der Waals surface area (Å²) in [6, 6.07) is 9.99. The van der Waals surface area contributed by atoms with Crippen molar-refractivity contribution in [2.75, 3.05) is 39.3 Å². The normalized spacial score (nSPS) is 26.6. The number of carbonyl (C=O) groups is 1. The maximum Gasteiger partial charge on any atom is 0.236 e. The molecule has 4 rings (SSSR count). The first-order valence-electron chi connectivity index (χ1n) is 11.3. The third-order valence-electron chi connectivity index (χ3n) is 6.88. The van der Waals surface area contributed by atoms with Gasteiger partial charge in [-0.3, -0.25) is 9.69 Å². The lowest BCUT2D eigenvalue weighted by Gasteiger charge is -2.44. The van der Waals surface area contributed by atoms with E-state index in [0.29, 0.717) is 38.8 Å². The molecule has 1 amide bonds. The van der Waals surface area contributed by atoms with Crippen LogP contribution in [0.3, 0.4) is 0 Å². The molecule has 2 saturated heterocycles. The molecule has 0 unspecified atom stereocenters. The molecule has 30 heavy (non-hydrogen) atoms. The maximum atomic E-state index is 12.9. The van der Waals surface area contributed by atoms with Gasteiger partial charge in [-0.25, -0.2) is 8.42 Å². The monoisotopic (exact) mass is 431 g/mol. The van der Waals surface area contributed by atoms with Gasteiger partial charge in [0.25, 0.3) is 0 Å². The minimum atomic E-state index is -3.47. The fourth-order valence-corrected chi connectivity index (χ4v) is 6.38. The summed E-state index contributed by atoms with van der Waals surface area (Å²) in [5.41, 5.74) is 0.859. The molecule has 7 heteroatoms. The molecule has 0 N–H and O–H groups in total. The van der Waals surface area contributed by atoms with Crippen LogP contribution in [0.15, 0.2) is 35.7 Å². The van der Waals surface area contributed by atoms with Crippen LogP contribution in [0.25, 0.3) is 6.08 Å². The second-order valence-corrected chi connectivity index (χ2v) is 10.6. The minimum absolute atomic E-state index is 0.151. The summed E-state index contributed by atoms with van der Waals surface area (Å²) in [7, 11) is -3.47. The van der Waals surface area contributed by atoms with Gasteiger partial charge in [-0.1, -0.05) is 43.2 Å². The van der Waals surface area contributed by atoms with Crippen LogP contribution in [0.4, 0.5) is 0 Å². The molecule has 1 aromatic rings. The highest BCUT2D eigenvalue weighted by Crippen LogP contribution is 2.35. The zero-order chi connectivity index (χ0) is 21.0. The Kier molecular flexibility index (Phi) is 6.91. The van der Waals surface area contributed by atoms with E-state index in [1.54, 1.807) is 6.08 Å². The number of hydrogen-bond acceptors (Lipinski definition) is 4. The Morgan fingerprint density at radius 3 is 2.40 bits per heavy atom. The van der Waals surface area contributed by atoms with Crippen molar-refractivity contribution in [3.05, 3.63) is 41.3 Å². The summed E-state index contributed by atoms with van der Waals surface area (Å²) in [6.07, 6.45) is 9.26. The van der Waals surface area contributed by atoms with Gasteiger partial charge in [0, 0.05) is 37.6 Å². The fraction of sp³-hybridized carbons (Fsp3) is 0.609. The zero-order valence-electron chi connectivity index (χ0n) is 17.7. The van der Waals surface area contributed by atoms with Crippen LogP contribution in [0, 0.1) is 5.92 Å². The number of likely N-dealkylation sites (tertiary alicyclic amines) is 1. The van der Waals surface area contributed by atoms with Crippen LogP contribution >= 0.6 is 0 Å². The van der Waals surface area contributed by atoms with Gasteiger partial charge in [0.1, 0.15) is 0 Å². The van der Waals surface area contributed by atoms with Gasteiger partial charge < -0.3 is 4.90 Å². The summed E-state index contributed by atoms with van der Waals surface area (Å²) in [5, 5.41) is 1.27. The van der Waals surface area contributed by atoms with Crippen molar-refractivity contribution in [2.24, 2.45) is 5.92 Å². The lowest BCUT2D eigenvalue weighted by Crippen LogP contribution is -2.55. The van der Waals surface area contributed by atoms with Gasteiger partial charge in [0.15, 0.2) is 0 Å². The van der Waals surface area contributed by atoms with Crippen molar-refractivity contribution in [1.82, 2.24) is 14.1 Å². The summed E-state index contributed by atoms with van der Waals surface area (Å²) in [6.45, 7) is 3.17. The molecule has 6 nitrogen and oxygen atoms in total. The third-order valence-corrected chi connectivity index (χ3v) is 8.44. The van der Waals surface area contributed by atoms with E-state index in [1.807, 2.05) is 35.2 Å². The number of piperidine rings is 1. The molecule has 0 aromatic heterocycles. The maximum absolute atomic E-state index is 12.9. The summed E-state index contributed by atoms with van der Waals surface area (Å²) >= 11 is 0. The Bertz CT molecular complexity index is 846. The number of rotatable bonds is 5. The van der Waals surface area contributed by atoms with Crippen molar-refractivity contribution in [2.45, 2.75) is 44.6 Å². The number of amides is 1. The van der Waals surface area contributed by atoms with E-state index in [4.69, 9.17) is 0 Å². The van der Waals surface area contributed by atoms with Crippen molar-refractivity contribution in [3.8, 4) is 0 Å². The predicted octanol–water partition coefficient (Wildman–Crippen LogP) is 2.79. The first kappa shape index (κ1) is 21.5. The number of fused-ring (bicyclic) bond motifs is 1. The lowest BCUT2D eigenvalue weighted by atomic mass is 9.78. The molecular weight excluding hydrogens is 398 g/mol. The first-order chi connectivity index (χ1) is 14.5. The highest BCUT2D eigenvalue weighted by Gasteiger charge is 2.35. The Morgan fingerprint density at radius 1 is 0.933 bits per heavy atom. The molecule has 2 aliphatic heterocycles. The predicted molar refractivity (Wildman–Crippen MR) is 119 cm³/mol. The number of nitrogens with zero attached hydrogens (tertiary/aromatic N) is 3. The molecule has 2 heterocycles. The van der Waals surface area contributed by atoms with Crippen molar-refractivity contribution >= 4 is 22.0 Å². The van der Waals surface area contributed by atoms with E-state index in [1.165, 1.54) is 48.2 Å². The highest BCUT2D eigenvalue weighted by atomic mass is 32.2. The van der Waals surface area contributed by atoms with Crippen LogP contribution in [0.1, 0.15) is 44.1 Å². The van der Waals surface area contributed by atoms with Gasteiger partial charge in [-0.05, 0) is 49.8 Å². The fourth-order valence-electron chi connectivity index (χ4n) is 5.20. The van der Waals surface area contributed by atoms with Crippen LogP contribution in [0.2, 0.25) is 0 Å². The lowest BCUT2D eigenvalue weighted by molar-refractivity contribution is -0.135. The number of hydrogen-bond donors (Lipinski definition) is 0. The Hall–Kier alpha value is -1.70. The average molecular weight is 432 g/mol. The van der Waals surface area contributed by atoms with E-state index < -0.39 is 10.0 Å². The minimum Gasteiger partial charge on any atom is -0.339 e. The molecule has 1 saturated carbocycles. The Morgan fingerprint density at radius 2 is 1.63 bits per heavy atom. The quantitative estimate of drug-likeness (QED) is 0.719. The largest absolute Gasteiger partial charge is 0.339 e. The van der Waals surface area contributed by atoms with Gasteiger partial charge in [0.2, 0.25) is 15.9 Å². The number of benzene rings is 1. The second kappa shape index (κ2) is 9.62. The Balaban J connectivity index is 1.29. The number of carbonyl (C=O) groups excluding carboxylic acids is 1. The van der Waals surface area contributed by atoms with Crippen LogP contribution in [-0.2, 0) is 14.8 Å². The zero-order valence-corrected chi connectivity index (χ0v) is 18.5. The molecule has 0 spiro atoms. The summed E-state index contributed by atoms with van der Waals surface area (Å²) in [5.74, 6) is 0.914. The van der Waals surface area contributed by atoms with Crippen molar-refractivity contribution in [1.29, 1.82) is 0 Å². The van der Waals surface area contributed by atoms with Gasteiger partial charge in [-0.15, -0.1) is 0 Å². The molecule has 3 fully saturated rings. The van der Waals surface area contributed by atoms with E-state index in [2.05, 4.69) is 4.90 Å². The Labute approximate surface area is 180 Å². The van der Waals surface area contributed by atoms with Gasteiger partial charge in [-0.2, -0.15) is 4.31 Å². The highest BCUT2D eigenvalue weighted by molar-refractivity contribution is 7.92. The van der Waals surface area contributed by atoms with E-state index in [0.717, 1.165) is 18.0 Å². The van der Waals surface area contributed by atoms with E-state index >= 15 is 0 Å². The average Bonchev–Trinajstić information content (AvgIpc) is 2.79. The smallest absolute Gasteiger partial charge is 0.236 e. The molecule has 2 atom stereocenters. The molecule has 1 aromatic carbocycles. The van der Waals surface area contributed by atoms with Gasteiger partial charge in [0.05, 0.1) is 6.54 Å². The van der Waals surface area contributed by atoms with Crippen molar-refractivity contribution < 1.29 is 13.2 Å². The molecule has 3 aliphatic rings. The first-order valence-corrected chi connectivity index (χ1v) is 12.8. The molecule has 0 bridgehead atoms. The third kappa shape index (κ3) is 5.13. The molecular formula is C23H33N3O3S. The molecule has 0 radical (unpaired) electrons. The van der Waals surface area contributed by atoms with E-state index in [-0.39, 0.29) is 5.91 Å². The summed E-state index contributed by atoms with van der Waals surface area (Å²) < 4.78 is 26.8. The van der Waals surface area contributed by atoms with Crippen LogP contribution in [-0.4, -0.2) is 73.7 Å². The van der Waals surface area contributed by atoms with Crippen LogP contribution in [0.5, 0.6) is 0 Å². The van der Waals surface area contributed by atoms with Gasteiger partial charge >= 0.3 is 0 Å². The second-order valence-electron chi connectivity index (χ2n) is 8.76. The molecule has 164 valence electrons. The molecule has 1 aliphatic carbocycles. The topological polar surface area (TPSA) is 60.9 Å². The van der Waals surface area contributed by atoms with Crippen molar-refractivity contribution in [3.63, 3.8) is 0 Å². The number of piperazine rings is 1. The van der Waals surface area contributed by atoms with E-state index in [9.17, 15) is 13.2 Å². The standard InChI is InChI=1S/C23H33N3O3S/c27-23(19-25-13-6-10-21-9-4-5-11-22(21)25)24-14-16-26(17-15-24)30(28,29)18-12-20-7-2-1-3-8-20/h1-3,7-8,12,18,21-22H,4-6,9-11,13-17,19H2/b18-12+/t21-,22-/m0/s1. The SMILES string of the molecule is O=C(CN1CCC[C@@H]2CCCC[C@@H]21)N1CCN(S(=O)(=O)/C=C/c2ccccc2)CC1. The van der Waals surface area contributed by atoms with Crippen LogP contribution < -0.4 is 0 Å². The number of sulfonamides is 1. The summed E-state index contributed by atoms with van der Waals surface area (Å²) in [4.78, 5) is 17.2.